The molecule has 15 heavy (non-hydrogen) atoms. The van der Waals surface area contributed by atoms with Crippen molar-refractivity contribution in [1.82, 2.24) is 0 Å². The Morgan fingerprint density at radius 3 is 2.47 bits per heavy atom. The van der Waals surface area contributed by atoms with Crippen molar-refractivity contribution in [2.45, 2.75) is 31.8 Å². The molecule has 0 aromatic heterocycles. The summed E-state index contributed by atoms with van der Waals surface area (Å²) in [6.07, 6.45) is 1.69. The van der Waals surface area contributed by atoms with E-state index in [1.807, 2.05) is 44.2 Å². The molecular weight excluding hydrogens is 188 g/mol. The SMILES string of the molecule is C=C[C@@H]1OC(C)(C)O[C@H]1c1ccccc1. The third-order valence-electron chi connectivity index (χ3n) is 2.49. The number of ether oxygens (including phenoxy) is 2. The average molecular weight is 204 g/mol. The number of hydrogen-bond acceptors (Lipinski definition) is 2. The van der Waals surface area contributed by atoms with Gasteiger partial charge < -0.3 is 9.47 Å². The highest BCUT2D eigenvalue weighted by Crippen LogP contribution is 2.38. The Morgan fingerprint density at radius 2 is 1.87 bits per heavy atom. The molecule has 1 fully saturated rings. The normalized spacial score (nSPS) is 28.9. The molecule has 0 aliphatic carbocycles. The number of hydrogen-bond donors (Lipinski definition) is 0. The molecule has 0 saturated carbocycles. The summed E-state index contributed by atoms with van der Waals surface area (Å²) < 4.78 is 11.6. The summed E-state index contributed by atoms with van der Waals surface area (Å²) >= 11 is 0. The minimum atomic E-state index is -0.528. The van der Waals surface area contributed by atoms with Crippen molar-refractivity contribution in [3.8, 4) is 0 Å². The van der Waals surface area contributed by atoms with Gasteiger partial charge in [0.25, 0.3) is 0 Å². The van der Waals surface area contributed by atoms with E-state index in [9.17, 15) is 0 Å². The maximum atomic E-state index is 5.84. The van der Waals surface area contributed by atoms with E-state index < -0.39 is 5.79 Å². The molecule has 2 atom stereocenters. The van der Waals surface area contributed by atoms with Crippen LogP contribution in [0.4, 0.5) is 0 Å². The Hall–Kier alpha value is -1.12. The van der Waals surface area contributed by atoms with Crippen molar-refractivity contribution in [3.05, 3.63) is 48.6 Å². The highest BCUT2D eigenvalue weighted by atomic mass is 16.7. The van der Waals surface area contributed by atoms with Crippen molar-refractivity contribution in [1.29, 1.82) is 0 Å². The van der Waals surface area contributed by atoms with Gasteiger partial charge in [-0.25, -0.2) is 0 Å². The van der Waals surface area contributed by atoms with Gasteiger partial charge in [-0.1, -0.05) is 36.4 Å². The molecule has 0 unspecified atom stereocenters. The smallest absolute Gasteiger partial charge is 0.164 e. The van der Waals surface area contributed by atoms with E-state index in [0.29, 0.717) is 0 Å². The maximum absolute atomic E-state index is 5.84. The molecule has 0 N–H and O–H groups in total. The Labute approximate surface area is 90.5 Å². The van der Waals surface area contributed by atoms with Crippen LogP contribution in [0.2, 0.25) is 0 Å². The third-order valence-corrected chi connectivity index (χ3v) is 2.49. The van der Waals surface area contributed by atoms with Crippen LogP contribution in [0.5, 0.6) is 0 Å². The first-order chi connectivity index (χ1) is 7.12. The molecule has 1 saturated heterocycles. The van der Waals surface area contributed by atoms with Crippen LogP contribution in [0.3, 0.4) is 0 Å². The molecule has 1 heterocycles. The maximum Gasteiger partial charge on any atom is 0.164 e. The number of benzene rings is 1. The standard InChI is InChI=1S/C13H16O2/c1-4-11-12(15-13(2,3)14-11)10-8-6-5-7-9-10/h4-9,11-12H,1H2,2-3H3/t11-,12-/m0/s1. The van der Waals surface area contributed by atoms with Gasteiger partial charge in [0.05, 0.1) is 0 Å². The van der Waals surface area contributed by atoms with Gasteiger partial charge in [0, 0.05) is 0 Å². The fourth-order valence-electron chi connectivity index (χ4n) is 1.86. The van der Waals surface area contributed by atoms with Crippen molar-refractivity contribution < 1.29 is 9.47 Å². The average Bonchev–Trinajstić information content (AvgIpc) is 2.55. The van der Waals surface area contributed by atoms with Crippen LogP contribution >= 0.6 is 0 Å². The lowest BCUT2D eigenvalue weighted by Gasteiger charge is -2.16. The van der Waals surface area contributed by atoms with Gasteiger partial charge >= 0.3 is 0 Å². The quantitative estimate of drug-likeness (QED) is 0.689. The molecule has 2 rings (SSSR count). The van der Waals surface area contributed by atoms with E-state index in [4.69, 9.17) is 9.47 Å². The lowest BCUT2D eigenvalue weighted by molar-refractivity contribution is -0.143. The van der Waals surface area contributed by atoms with Crippen molar-refractivity contribution >= 4 is 0 Å². The van der Waals surface area contributed by atoms with Crippen LogP contribution in [0.15, 0.2) is 43.0 Å². The fraction of sp³-hybridized carbons (Fsp3) is 0.385. The van der Waals surface area contributed by atoms with E-state index >= 15 is 0 Å². The molecule has 0 radical (unpaired) electrons. The van der Waals surface area contributed by atoms with E-state index in [2.05, 4.69) is 6.58 Å². The van der Waals surface area contributed by atoms with Crippen LogP contribution in [-0.2, 0) is 9.47 Å². The van der Waals surface area contributed by atoms with Crippen LogP contribution in [0.1, 0.15) is 25.5 Å². The van der Waals surface area contributed by atoms with Gasteiger partial charge in [-0.3, -0.25) is 0 Å². The van der Waals surface area contributed by atoms with Gasteiger partial charge in [-0.15, -0.1) is 6.58 Å². The molecule has 2 heteroatoms. The zero-order chi connectivity index (χ0) is 10.9. The first kappa shape index (κ1) is 10.4. The van der Waals surface area contributed by atoms with Crippen LogP contribution in [0.25, 0.3) is 0 Å². The van der Waals surface area contributed by atoms with E-state index in [-0.39, 0.29) is 12.2 Å². The van der Waals surface area contributed by atoms with Gasteiger partial charge in [-0.05, 0) is 19.4 Å². The van der Waals surface area contributed by atoms with Gasteiger partial charge in [0.1, 0.15) is 12.2 Å². The summed E-state index contributed by atoms with van der Waals surface area (Å²) in [7, 11) is 0. The van der Waals surface area contributed by atoms with Crippen molar-refractivity contribution in [3.63, 3.8) is 0 Å². The van der Waals surface area contributed by atoms with E-state index in [1.165, 1.54) is 0 Å². The molecule has 1 aromatic rings. The molecule has 80 valence electrons. The summed E-state index contributed by atoms with van der Waals surface area (Å²) in [6.45, 7) is 7.63. The Balaban J connectivity index is 2.26. The number of rotatable bonds is 2. The second-order valence-electron chi connectivity index (χ2n) is 4.17. The highest BCUT2D eigenvalue weighted by molar-refractivity contribution is 5.21. The largest absolute Gasteiger partial charge is 0.340 e. The lowest BCUT2D eigenvalue weighted by Crippen LogP contribution is -2.20. The predicted octanol–water partition coefficient (Wildman–Crippen LogP) is 3.07. The first-order valence-electron chi connectivity index (χ1n) is 5.15. The Morgan fingerprint density at radius 1 is 1.20 bits per heavy atom. The van der Waals surface area contributed by atoms with Crippen LogP contribution in [-0.4, -0.2) is 11.9 Å². The predicted molar refractivity (Wildman–Crippen MR) is 59.4 cm³/mol. The topological polar surface area (TPSA) is 18.5 Å². The summed E-state index contributed by atoms with van der Waals surface area (Å²) in [4.78, 5) is 0. The fourth-order valence-corrected chi connectivity index (χ4v) is 1.86. The van der Waals surface area contributed by atoms with Crippen LogP contribution in [0, 0.1) is 0 Å². The van der Waals surface area contributed by atoms with Crippen molar-refractivity contribution in [2.75, 3.05) is 0 Å². The minimum Gasteiger partial charge on any atom is -0.340 e. The monoisotopic (exact) mass is 204 g/mol. The second kappa shape index (κ2) is 3.80. The Kier molecular flexibility index (Phi) is 2.63. The van der Waals surface area contributed by atoms with Gasteiger partial charge in [-0.2, -0.15) is 0 Å². The molecule has 0 spiro atoms. The zero-order valence-corrected chi connectivity index (χ0v) is 9.14. The van der Waals surface area contributed by atoms with E-state index in [0.717, 1.165) is 5.56 Å². The molecule has 1 aromatic carbocycles. The molecule has 1 aliphatic rings. The van der Waals surface area contributed by atoms with Crippen LogP contribution < -0.4 is 0 Å². The van der Waals surface area contributed by atoms with Gasteiger partial charge in [0.2, 0.25) is 0 Å². The Bertz CT molecular complexity index is 343. The minimum absolute atomic E-state index is 0.0429. The summed E-state index contributed by atoms with van der Waals surface area (Å²) in [5, 5.41) is 0. The summed E-state index contributed by atoms with van der Waals surface area (Å²) in [6, 6.07) is 10.1. The van der Waals surface area contributed by atoms with Gasteiger partial charge in [0.15, 0.2) is 5.79 Å². The summed E-state index contributed by atoms with van der Waals surface area (Å²) in [5.41, 5.74) is 1.13. The first-order valence-corrected chi connectivity index (χ1v) is 5.15. The molecule has 0 amide bonds. The third kappa shape index (κ3) is 2.11. The zero-order valence-electron chi connectivity index (χ0n) is 9.14. The second-order valence-corrected chi connectivity index (χ2v) is 4.17. The summed E-state index contributed by atoms with van der Waals surface area (Å²) in [5.74, 6) is -0.528. The molecule has 0 bridgehead atoms. The molecule has 2 nitrogen and oxygen atoms in total. The molecule has 1 aliphatic heterocycles. The van der Waals surface area contributed by atoms with Crippen molar-refractivity contribution in [2.24, 2.45) is 0 Å². The highest BCUT2D eigenvalue weighted by Gasteiger charge is 2.40. The van der Waals surface area contributed by atoms with E-state index in [1.54, 1.807) is 6.08 Å². The molecular formula is C13H16O2. The lowest BCUT2D eigenvalue weighted by atomic mass is 10.1.